The van der Waals surface area contributed by atoms with E-state index in [9.17, 15) is 0 Å². The molecule has 3 nitrogen and oxygen atoms in total. The molecule has 0 aliphatic heterocycles. The second-order valence-corrected chi connectivity index (χ2v) is 6.32. The van der Waals surface area contributed by atoms with Crippen molar-refractivity contribution in [1.29, 1.82) is 0 Å². The van der Waals surface area contributed by atoms with Crippen LogP contribution >= 0.6 is 11.3 Å². The first-order valence-corrected chi connectivity index (χ1v) is 8.53. The van der Waals surface area contributed by atoms with Crippen LogP contribution < -0.4 is 9.47 Å². The zero-order valence-electron chi connectivity index (χ0n) is 13.0. The third-order valence-corrected chi connectivity index (χ3v) is 5.01. The molecule has 3 rings (SSSR count). The van der Waals surface area contributed by atoms with Gasteiger partial charge in [-0.3, -0.25) is 0 Å². The molecule has 0 aliphatic rings. The van der Waals surface area contributed by atoms with Crippen molar-refractivity contribution in [2.24, 2.45) is 12.0 Å². The molecular weight excluding hydrogens is 322 g/mol. The lowest BCUT2D eigenvalue weighted by Gasteiger charge is -2.17. The molecule has 0 aliphatic carbocycles. The van der Waals surface area contributed by atoms with Crippen molar-refractivity contribution in [2.45, 2.75) is 0 Å². The predicted octanol–water partition coefficient (Wildman–Crippen LogP) is 3.91. The summed E-state index contributed by atoms with van der Waals surface area (Å²) in [7, 11) is 4.01. The molecule has 0 unspecified atom stereocenters. The summed E-state index contributed by atoms with van der Waals surface area (Å²) in [4.78, 5) is 6.45. The summed E-state index contributed by atoms with van der Waals surface area (Å²) in [5.74, 6) is 0. The van der Waals surface area contributed by atoms with Crippen LogP contribution in [0.15, 0.2) is 71.0 Å². The van der Waals surface area contributed by atoms with Crippen LogP contribution in [0.4, 0.5) is 10.8 Å². The third kappa shape index (κ3) is 3.41. The number of benzene rings is 2. The van der Waals surface area contributed by atoms with Crippen molar-refractivity contribution in [3.8, 4) is 11.3 Å². The van der Waals surface area contributed by atoms with E-state index < -0.39 is 0 Å². The summed E-state index contributed by atoms with van der Waals surface area (Å²) in [6, 6.07) is 20.1. The lowest BCUT2D eigenvalue weighted by molar-refractivity contribution is -0.642. The van der Waals surface area contributed by atoms with Crippen molar-refractivity contribution < 1.29 is 4.57 Å². The Morgan fingerprint density at radius 2 is 1.65 bits per heavy atom. The van der Waals surface area contributed by atoms with Crippen molar-refractivity contribution in [3.05, 3.63) is 66.0 Å². The topological polar surface area (TPSA) is 19.5 Å². The van der Waals surface area contributed by atoms with E-state index in [0.717, 1.165) is 10.8 Å². The smallest absolute Gasteiger partial charge is 0.340 e. The molecule has 0 saturated carbocycles. The predicted molar refractivity (Wildman–Crippen MR) is 100 cm³/mol. The summed E-state index contributed by atoms with van der Waals surface area (Å²) >= 11 is 7.14. The van der Waals surface area contributed by atoms with Gasteiger partial charge in [-0.2, -0.15) is 0 Å². The van der Waals surface area contributed by atoms with Crippen LogP contribution in [-0.4, -0.2) is 12.2 Å². The molecule has 0 fully saturated rings. The molecule has 0 N–H and O–H groups in total. The molecule has 1 aromatic heterocycles. The molecule has 0 saturated heterocycles. The van der Waals surface area contributed by atoms with Crippen LogP contribution in [0.1, 0.15) is 0 Å². The van der Waals surface area contributed by atoms with E-state index in [0.29, 0.717) is 5.17 Å². The SMILES string of the molecule is CN(C([S-])=Nc1ccccc1)c1scc(-c2ccccc2)[n+]1C. The maximum Gasteiger partial charge on any atom is 0.340 e. The Morgan fingerprint density at radius 1 is 1.04 bits per heavy atom. The van der Waals surface area contributed by atoms with Gasteiger partial charge in [-0.1, -0.05) is 59.9 Å². The van der Waals surface area contributed by atoms with Gasteiger partial charge in [-0.05, 0) is 12.1 Å². The fourth-order valence-electron chi connectivity index (χ4n) is 2.31. The van der Waals surface area contributed by atoms with Gasteiger partial charge >= 0.3 is 5.13 Å². The zero-order valence-corrected chi connectivity index (χ0v) is 14.6. The normalized spacial score (nSPS) is 11.5. The molecule has 0 radical (unpaired) electrons. The van der Waals surface area contributed by atoms with Gasteiger partial charge in [0, 0.05) is 10.9 Å². The summed E-state index contributed by atoms with van der Waals surface area (Å²) in [5.41, 5.74) is 3.23. The average Bonchev–Trinajstić information content (AvgIpc) is 2.97. The molecule has 1 heterocycles. The van der Waals surface area contributed by atoms with E-state index in [4.69, 9.17) is 12.6 Å². The molecule has 5 heteroatoms. The van der Waals surface area contributed by atoms with Crippen LogP contribution in [0.25, 0.3) is 11.3 Å². The minimum atomic E-state index is 0.549. The maximum absolute atomic E-state index is 5.48. The van der Waals surface area contributed by atoms with Crippen molar-refractivity contribution in [2.75, 3.05) is 11.9 Å². The fourth-order valence-corrected chi connectivity index (χ4v) is 3.58. The number of hydrogen-bond donors (Lipinski definition) is 0. The third-order valence-electron chi connectivity index (χ3n) is 3.55. The van der Waals surface area contributed by atoms with Crippen LogP contribution in [0.5, 0.6) is 0 Å². The fraction of sp³-hybridized carbons (Fsp3) is 0.111. The number of amidine groups is 1. The Labute approximate surface area is 146 Å². The van der Waals surface area contributed by atoms with Crippen LogP contribution in [-0.2, 0) is 19.7 Å². The van der Waals surface area contributed by atoms with Crippen LogP contribution in [0, 0.1) is 0 Å². The standard InChI is InChI=1S/C18H17N3S2/c1-20-16(14-9-5-3-6-10-14)13-23-18(20)21(2)17(22)19-15-11-7-4-8-12-15/h3-13H,1-2H3. The highest BCUT2D eigenvalue weighted by atomic mass is 32.1. The highest BCUT2D eigenvalue weighted by molar-refractivity contribution is 7.78. The quantitative estimate of drug-likeness (QED) is 0.312. The second-order valence-electron chi connectivity index (χ2n) is 5.12. The van der Waals surface area contributed by atoms with Gasteiger partial charge in [-0.15, -0.1) is 0 Å². The van der Waals surface area contributed by atoms with Crippen molar-refractivity contribution in [3.63, 3.8) is 0 Å². The molecular formula is C18H17N3S2. The van der Waals surface area contributed by atoms with Gasteiger partial charge in [0.05, 0.1) is 25.0 Å². The highest BCUT2D eigenvalue weighted by Gasteiger charge is 2.20. The number of rotatable bonds is 3. The molecule has 0 bridgehead atoms. The molecule has 0 spiro atoms. The van der Waals surface area contributed by atoms with E-state index in [1.807, 2.05) is 60.5 Å². The lowest BCUT2D eigenvalue weighted by atomic mass is 10.2. The monoisotopic (exact) mass is 339 g/mol. The van der Waals surface area contributed by atoms with Crippen molar-refractivity contribution >= 4 is 40.0 Å². The van der Waals surface area contributed by atoms with Gasteiger partial charge in [0.1, 0.15) is 5.69 Å². The lowest BCUT2D eigenvalue weighted by Crippen LogP contribution is -2.38. The van der Waals surface area contributed by atoms with E-state index in [-0.39, 0.29) is 0 Å². The summed E-state index contributed by atoms with van der Waals surface area (Å²) < 4.78 is 2.15. The summed E-state index contributed by atoms with van der Waals surface area (Å²) in [6.07, 6.45) is 0. The minimum absolute atomic E-state index is 0.549. The summed E-state index contributed by atoms with van der Waals surface area (Å²) in [6.45, 7) is 0. The Hall–Kier alpha value is -2.24. The Morgan fingerprint density at radius 3 is 2.30 bits per heavy atom. The van der Waals surface area contributed by atoms with Gasteiger partial charge in [0.2, 0.25) is 0 Å². The number of anilines is 1. The van der Waals surface area contributed by atoms with Gasteiger partial charge in [0.25, 0.3) is 0 Å². The molecule has 0 atom stereocenters. The maximum atomic E-state index is 5.48. The highest BCUT2D eigenvalue weighted by Crippen LogP contribution is 2.25. The average molecular weight is 339 g/mol. The van der Waals surface area contributed by atoms with Gasteiger partial charge in [0.15, 0.2) is 0 Å². The Bertz CT molecular complexity index is 811. The number of nitrogens with zero attached hydrogens (tertiary/aromatic N) is 3. The number of thiazole rings is 1. The molecule has 0 amide bonds. The number of hydrogen-bond acceptors (Lipinski definition) is 3. The first-order chi connectivity index (χ1) is 11.2. The molecule has 3 aromatic rings. The minimum Gasteiger partial charge on any atom is -0.716 e. The first-order valence-electron chi connectivity index (χ1n) is 7.24. The largest absolute Gasteiger partial charge is 0.716 e. The van der Waals surface area contributed by atoms with Crippen LogP contribution in [0.2, 0.25) is 0 Å². The Balaban J connectivity index is 1.90. The van der Waals surface area contributed by atoms with Crippen molar-refractivity contribution in [1.82, 2.24) is 0 Å². The van der Waals surface area contributed by atoms with Crippen LogP contribution in [0.3, 0.4) is 0 Å². The van der Waals surface area contributed by atoms with E-state index in [1.165, 1.54) is 11.3 Å². The zero-order chi connectivity index (χ0) is 16.2. The Kier molecular flexibility index (Phi) is 4.69. The molecule has 2 aromatic carbocycles. The van der Waals surface area contributed by atoms with Gasteiger partial charge in [-0.25, -0.2) is 14.5 Å². The second kappa shape index (κ2) is 6.89. The number of aliphatic imine (C=N–C) groups is 1. The summed E-state index contributed by atoms with van der Waals surface area (Å²) in [5, 5.41) is 3.74. The molecule has 116 valence electrons. The molecule has 23 heavy (non-hydrogen) atoms. The van der Waals surface area contributed by atoms with E-state index >= 15 is 0 Å². The number of aromatic nitrogens is 1. The van der Waals surface area contributed by atoms with Gasteiger partial charge < -0.3 is 12.6 Å². The number of para-hydroxylation sites is 1. The first kappa shape index (κ1) is 15.6. The van der Waals surface area contributed by atoms with E-state index in [1.54, 1.807) is 11.3 Å². The van der Waals surface area contributed by atoms with E-state index in [2.05, 4.69) is 34.1 Å².